The SMILES string of the molecule is CC(=N)c1c(N)ccn(C)c1=O. The highest BCUT2D eigenvalue weighted by Crippen LogP contribution is 2.04. The lowest BCUT2D eigenvalue weighted by molar-refractivity contribution is 0.858. The number of nitrogens with one attached hydrogen (secondary N) is 1. The Morgan fingerprint density at radius 1 is 1.67 bits per heavy atom. The zero-order chi connectivity index (χ0) is 9.30. The van der Waals surface area contributed by atoms with Crippen LogP contribution in [0.2, 0.25) is 0 Å². The van der Waals surface area contributed by atoms with Gasteiger partial charge in [-0.1, -0.05) is 0 Å². The van der Waals surface area contributed by atoms with Crippen molar-refractivity contribution in [3.63, 3.8) is 0 Å². The molecule has 0 aromatic carbocycles. The van der Waals surface area contributed by atoms with E-state index in [0.717, 1.165) is 0 Å². The van der Waals surface area contributed by atoms with Crippen molar-refractivity contribution in [1.29, 1.82) is 5.41 Å². The number of nitrogens with zero attached hydrogens (tertiary/aromatic N) is 1. The molecule has 0 spiro atoms. The Hall–Kier alpha value is -1.58. The van der Waals surface area contributed by atoms with Gasteiger partial charge in [0.25, 0.3) is 5.56 Å². The maximum absolute atomic E-state index is 11.4. The van der Waals surface area contributed by atoms with Crippen LogP contribution in [0.4, 0.5) is 5.69 Å². The monoisotopic (exact) mass is 165 g/mol. The Balaban J connectivity index is 3.55. The fourth-order valence-corrected chi connectivity index (χ4v) is 1.02. The highest BCUT2D eigenvalue weighted by atomic mass is 16.1. The number of hydrogen-bond acceptors (Lipinski definition) is 3. The molecule has 0 aliphatic heterocycles. The third-order valence-electron chi connectivity index (χ3n) is 1.68. The minimum atomic E-state index is -0.220. The minimum Gasteiger partial charge on any atom is -0.398 e. The van der Waals surface area contributed by atoms with Gasteiger partial charge in [0.15, 0.2) is 0 Å². The molecule has 0 bridgehead atoms. The second-order valence-electron chi connectivity index (χ2n) is 2.69. The number of nitrogen functional groups attached to an aromatic ring is 1. The molecule has 4 heteroatoms. The van der Waals surface area contributed by atoms with Gasteiger partial charge in [-0.3, -0.25) is 4.79 Å². The fourth-order valence-electron chi connectivity index (χ4n) is 1.02. The molecule has 1 heterocycles. The first-order valence-electron chi connectivity index (χ1n) is 3.54. The van der Waals surface area contributed by atoms with Crippen LogP contribution >= 0.6 is 0 Å². The minimum absolute atomic E-state index is 0.203. The van der Waals surface area contributed by atoms with E-state index in [1.165, 1.54) is 4.57 Å². The molecular formula is C8H11N3O. The molecule has 0 unspecified atom stereocenters. The Morgan fingerprint density at radius 3 is 2.67 bits per heavy atom. The summed E-state index contributed by atoms with van der Waals surface area (Å²) in [6, 6.07) is 1.62. The van der Waals surface area contributed by atoms with Crippen LogP contribution in [0, 0.1) is 5.41 Å². The second-order valence-corrected chi connectivity index (χ2v) is 2.69. The number of hydrogen-bond donors (Lipinski definition) is 2. The van der Waals surface area contributed by atoms with Crippen LogP contribution in [0.1, 0.15) is 12.5 Å². The molecule has 0 saturated heterocycles. The van der Waals surface area contributed by atoms with Crippen molar-refractivity contribution in [2.75, 3.05) is 5.73 Å². The zero-order valence-electron chi connectivity index (χ0n) is 7.09. The number of pyridine rings is 1. The van der Waals surface area contributed by atoms with E-state index < -0.39 is 0 Å². The van der Waals surface area contributed by atoms with Crippen LogP contribution in [-0.4, -0.2) is 10.3 Å². The average molecular weight is 165 g/mol. The van der Waals surface area contributed by atoms with E-state index in [9.17, 15) is 4.79 Å². The summed E-state index contributed by atoms with van der Waals surface area (Å²) < 4.78 is 1.41. The highest BCUT2D eigenvalue weighted by molar-refractivity contribution is 6.00. The molecular weight excluding hydrogens is 154 g/mol. The predicted molar refractivity (Wildman–Crippen MR) is 48.6 cm³/mol. The van der Waals surface area contributed by atoms with Gasteiger partial charge in [-0.15, -0.1) is 0 Å². The van der Waals surface area contributed by atoms with E-state index in [4.69, 9.17) is 11.1 Å². The Labute approximate surface area is 70.1 Å². The van der Waals surface area contributed by atoms with Crippen molar-refractivity contribution >= 4 is 11.4 Å². The molecule has 0 aliphatic rings. The smallest absolute Gasteiger partial charge is 0.261 e. The van der Waals surface area contributed by atoms with E-state index in [1.807, 2.05) is 0 Å². The molecule has 4 nitrogen and oxygen atoms in total. The lowest BCUT2D eigenvalue weighted by Gasteiger charge is -2.04. The van der Waals surface area contributed by atoms with Crippen molar-refractivity contribution in [3.8, 4) is 0 Å². The van der Waals surface area contributed by atoms with Crippen molar-refractivity contribution < 1.29 is 0 Å². The first-order valence-corrected chi connectivity index (χ1v) is 3.54. The van der Waals surface area contributed by atoms with Crippen LogP contribution in [0.3, 0.4) is 0 Å². The first kappa shape index (κ1) is 8.52. The van der Waals surface area contributed by atoms with Gasteiger partial charge in [0.05, 0.1) is 5.56 Å². The fraction of sp³-hybridized carbons (Fsp3) is 0.250. The highest BCUT2D eigenvalue weighted by Gasteiger charge is 2.07. The van der Waals surface area contributed by atoms with Crippen molar-refractivity contribution in [3.05, 3.63) is 28.2 Å². The molecule has 0 saturated carbocycles. The number of rotatable bonds is 1. The Morgan fingerprint density at radius 2 is 2.25 bits per heavy atom. The third-order valence-corrected chi connectivity index (χ3v) is 1.68. The number of aryl methyl sites for hydroxylation is 1. The van der Waals surface area contributed by atoms with Gasteiger partial charge >= 0.3 is 0 Å². The van der Waals surface area contributed by atoms with Crippen molar-refractivity contribution in [1.82, 2.24) is 4.57 Å². The van der Waals surface area contributed by atoms with Gasteiger partial charge in [-0.25, -0.2) is 0 Å². The summed E-state index contributed by atoms with van der Waals surface area (Å²) in [6.07, 6.45) is 1.59. The summed E-state index contributed by atoms with van der Waals surface area (Å²) in [7, 11) is 1.63. The Bertz CT molecular complexity index is 378. The molecule has 0 radical (unpaired) electrons. The summed E-state index contributed by atoms with van der Waals surface area (Å²) in [4.78, 5) is 11.4. The van der Waals surface area contributed by atoms with Crippen LogP contribution in [0.15, 0.2) is 17.1 Å². The normalized spacial score (nSPS) is 9.83. The molecule has 1 rings (SSSR count). The standard InChI is InChI=1S/C8H11N3O/c1-5(9)7-6(10)3-4-11(2)8(7)12/h3-4,9H,10H2,1-2H3. The van der Waals surface area contributed by atoms with Crippen molar-refractivity contribution in [2.45, 2.75) is 6.92 Å². The van der Waals surface area contributed by atoms with E-state index in [2.05, 4.69) is 0 Å². The number of nitrogens with two attached hydrogens (primary N) is 1. The van der Waals surface area contributed by atoms with Crippen molar-refractivity contribution in [2.24, 2.45) is 7.05 Å². The molecule has 3 N–H and O–H groups in total. The van der Waals surface area contributed by atoms with Crippen LogP contribution in [0.25, 0.3) is 0 Å². The summed E-state index contributed by atoms with van der Waals surface area (Å²) in [5.41, 5.74) is 6.18. The topological polar surface area (TPSA) is 71.9 Å². The quantitative estimate of drug-likeness (QED) is 0.589. The zero-order valence-corrected chi connectivity index (χ0v) is 7.09. The van der Waals surface area contributed by atoms with E-state index in [1.54, 1.807) is 26.2 Å². The third kappa shape index (κ3) is 1.23. The summed E-state index contributed by atoms with van der Waals surface area (Å²) in [6.45, 7) is 1.55. The maximum Gasteiger partial charge on any atom is 0.261 e. The molecule has 0 aliphatic carbocycles. The van der Waals surface area contributed by atoms with Crippen LogP contribution in [-0.2, 0) is 7.05 Å². The van der Waals surface area contributed by atoms with Gasteiger partial charge in [-0.2, -0.15) is 0 Å². The van der Waals surface area contributed by atoms with Gasteiger partial charge in [0, 0.05) is 24.6 Å². The van der Waals surface area contributed by atoms with Gasteiger partial charge in [0.1, 0.15) is 0 Å². The summed E-state index contributed by atoms with van der Waals surface area (Å²) in [5, 5.41) is 7.32. The Kier molecular flexibility index (Phi) is 1.99. The predicted octanol–water partition coefficient (Wildman–Crippen LogP) is 0.355. The first-order chi connectivity index (χ1) is 5.54. The van der Waals surface area contributed by atoms with Gasteiger partial charge in [0.2, 0.25) is 0 Å². The van der Waals surface area contributed by atoms with E-state index in [0.29, 0.717) is 11.3 Å². The van der Waals surface area contributed by atoms with E-state index >= 15 is 0 Å². The molecule has 12 heavy (non-hydrogen) atoms. The van der Waals surface area contributed by atoms with Crippen LogP contribution < -0.4 is 11.3 Å². The molecule has 0 amide bonds. The molecule has 1 aromatic heterocycles. The van der Waals surface area contributed by atoms with Gasteiger partial charge in [-0.05, 0) is 13.0 Å². The molecule has 0 atom stereocenters. The molecule has 0 fully saturated rings. The lowest BCUT2D eigenvalue weighted by Crippen LogP contribution is -2.24. The second kappa shape index (κ2) is 2.81. The lowest BCUT2D eigenvalue weighted by atomic mass is 10.1. The molecule has 64 valence electrons. The van der Waals surface area contributed by atoms with E-state index in [-0.39, 0.29) is 11.3 Å². The maximum atomic E-state index is 11.4. The largest absolute Gasteiger partial charge is 0.398 e. The number of anilines is 1. The molecule has 1 aromatic rings. The number of aromatic nitrogens is 1. The summed E-state index contributed by atoms with van der Waals surface area (Å²) >= 11 is 0. The summed E-state index contributed by atoms with van der Waals surface area (Å²) in [5.74, 6) is 0. The van der Waals surface area contributed by atoms with Gasteiger partial charge < -0.3 is 15.7 Å². The average Bonchev–Trinajstić information content (AvgIpc) is 1.97. The van der Waals surface area contributed by atoms with Crippen LogP contribution in [0.5, 0.6) is 0 Å².